The van der Waals surface area contributed by atoms with E-state index in [4.69, 9.17) is 19.3 Å². The number of esters is 1. The molecule has 2 aromatic carbocycles. The van der Waals surface area contributed by atoms with Crippen LogP contribution in [0, 0.1) is 18.2 Å². The highest BCUT2D eigenvalue weighted by Gasteiger charge is 2.25. The van der Waals surface area contributed by atoms with Crippen molar-refractivity contribution in [1.82, 2.24) is 0 Å². The lowest BCUT2D eigenvalue weighted by atomic mass is 10.1. The van der Waals surface area contributed by atoms with Gasteiger partial charge in [0.1, 0.15) is 23.7 Å². The van der Waals surface area contributed by atoms with Crippen molar-refractivity contribution in [2.75, 3.05) is 6.61 Å². The van der Waals surface area contributed by atoms with Gasteiger partial charge in [0.15, 0.2) is 0 Å². The van der Waals surface area contributed by atoms with Crippen LogP contribution in [0.2, 0.25) is 0 Å². The minimum atomic E-state index is -0.818. The number of halogens is 1. The number of allylic oxidation sites excluding steroid dienone is 2. The van der Waals surface area contributed by atoms with Crippen molar-refractivity contribution in [2.45, 2.75) is 40.2 Å². The molecule has 0 fully saturated rings. The van der Waals surface area contributed by atoms with Crippen molar-refractivity contribution in [3.8, 4) is 5.75 Å². The lowest BCUT2D eigenvalue weighted by Crippen LogP contribution is -2.20. The van der Waals surface area contributed by atoms with Crippen LogP contribution in [0.4, 0.5) is 4.39 Å². The Bertz CT molecular complexity index is 1320. The molecular formula is C28H28FNO5S. The number of aryl methyl sites for hydroxylation is 1. The molecular weight excluding hydrogens is 481 g/mol. The average Bonchev–Trinajstić information content (AvgIpc) is 2.85. The zero-order chi connectivity index (χ0) is 26.1. The quantitative estimate of drug-likeness (QED) is 0.192. The Hall–Kier alpha value is -3.65. The third-order valence-electron chi connectivity index (χ3n) is 5.22. The number of carbonyl (C=O) groups excluding carboxylic acids is 1. The van der Waals surface area contributed by atoms with Crippen molar-refractivity contribution in [2.24, 2.45) is 0 Å². The summed E-state index contributed by atoms with van der Waals surface area (Å²) in [5.74, 6) is -1.76. The van der Waals surface area contributed by atoms with Crippen molar-refractivity contribution < 1.29 is 23.1 Å². The summed E-state index contributed by atoms with van der Waals surface area (Å²) in [6, 6.07) is 13.8. The largest absolute Gasteiger partial charge is 0.481 e. The van der Waals surface area contributed by atoms with Crippen LogP contribution in [0.3, 0.4) is 0 Å². The smallest absolute Gasteiger partial charge is 0.378 e. The molecule has 0 atom stereocenters. The van der Waals surface area contributed by atoms with Gasteiger partial charge >= 0.3 is 5.97 Å². The predicted octanol–water partition coefficient (Wildman–Crippen LogP) is 6.44. The van der Waals surface area contributed by atoms with Crippen LogP contribution < -0.4 is 10.2 Å². The Morgan fingerprint density at radius 1 is 1.17 bits per heavy atom. The second kappa shape index (κ2) is 12.9. The van der Waals surface area contributed by atoms with E-state index in [2.05, 4.69) is 0 Å². The number of hydrogen-bond donors (Lipinski definition) is 1. The topological polar surface area (TPSA) is 89.6 Å². The first-order chi connectivity index (χ1) is 17.3. The molecule has 0 saturated heterocycles. The molecule has 8 heteroatoms. The molecule has 0 bridgehead atoms. The van der Waals surface area contributed by atoms with Crippen molar-refractivity contribution in [1.29, 1.82) is 5.41 Å². The number of benzene rings is 2. The first kappa shape index (κ1) is 26.9. The molecule has 36 heavy (non-hydrogen) atoms. The number of carbonyl (C=O) groups is 1. The molecule has 0 saturated carbocycles. The maximum Gasteiger partial charge on any atom is 0.378 e. The highest BCUT2D eigenvalue weighted by Crippen LogP contribution is 2.28. The molecule has 3 rings (SSSR count). The van der Waals surface area contributed by atoms with Gasteiger partial charge in [-0.05, 0) is 54.0 Å². The molecule has 1 heterocycles. The summed E-state index contributed by atoms with van der Waals surface area (Å²) >= 11 is 1.11. The molecule has 1 aromatic heterocycles. The van der Waals surface area contributed by atoms with Gasteiger partial charge in [-0.15, -0.1) is 0 Å². The Balaban J connectivity index is 1.90. The van der Waals surface area contributed by atoms with Crippen LogP contribution in [0.15, 0.2) is 75.0 Å². The molecule has 188 valence electrons. The number of hydrogen-bond acceptors (Lipinski definition) is 7. The van der Waals surface area contributed by atoms with Crippen molar-refractivity contribution >= 4 is 22.8 Å². The lowest BCUT2D eigenvalue weighted by Gasteiger charge is -2.13. The molecule has 1 N–H and O–H groups in total. The molecule has 0 aliphatic rings. The van der Waals surface area contributed by atoms with E-state index in [1.54, 1.807) is 13.0 Å². The van der Waals surface area contributed by atoms with E-state index in [9.17, 15) is 14.0 Å². The zero-order valence-electron chi connectivity index (χ0n) is 20.4. The van der Waals surface area contributed by atoms with Gasteiger partial charge in [0.05, 0.1) is 12.2 Å². The summed E-state index contributed by atoms with van der Waals surface area (Å²) in [4.78, 5) is 26.6. The molecule has 0 amide bonds. The number of rotatable bonds is 10. The second-order valence-electron chi connectivity index (χ2n) is 7.89. The lowest BCUT2D eigenvalue weighted by molar-refractivity contribution is 0.0478. The summed E-state index contributed by atoms with van der Waals surface area (Å²) in [6.45, 7) is 5.58. The van der Waals surface area contributed by atoms with Crippen molar-refractivity contribution in [3.63, 3.8) is 0 Å². The highest BCUT2D eigenvalue weighted by atomic mass is 32.2. The van der Waals surface area contributed by atoms with Gasteiger partial charge in [0.25, 0.3) is 5.76 Å². The summed E-state index contributed by atoms with van der Waals surface area (Å²) in [5.41, 5.74) is 1.86. The van der Waals surface area contributed by atoms with Crippen LogP contribution in [-0.4, -0.2) is 17.6 Å². The fourth-order valence-electron chi connectivity index (χ4n) is 3.41. The van der Waals surface area contributed by atoms with Gasteiger partial charge in [-0.2, -0.15) is 0 Å². The third kappa shape index (κ3) is 6.95. The molecule has 0 unspecified atom stereocenters. The number of thioether (sulfide) groups is 1. The third-order valence-corrected chi connectivity index (χ3v) is 6.21. The van der Waals surface area contributed by atoms with Gasteiger partial charge in [-0.1, -0.05) is 61.2 Å². The van der Waals surface area contributed by atoms with E-state index in [0.717, 1.165) is 46.0 Å². The maximum absolute atomic E-state index is 13.5. The fourth-order valence-corrected chi connectivity index (χ4v) is 4.40. The zero-order valence-corrected chi connectivity index (χ0v) is 21.2. The molecule has 0 spiro atoms. The molecule has 0 aliphatic heterocycles. The molecule has 0 radical (unpaired) electrons. The maximum atomic E-state index is 13.5. The Kier molecular flexibility index (Phi) is 9.64. The van der Waals surface area contributed by atoms with Gasteiger partial charge in [-0.3, -0.25) is 10.2 Å². The first-order valence-electron chi connectivity index (χ1n) is 11.5. The van der Waals surface area contributed by atoms with E-state index >= 15 is 0 Å². The highest BCUT2D eigenvalue weighted by molar-refractivity contribution is 8.17. The molecule has 3 aromatic rings. The van der Waals surface area contributed by atoms with Gasteiger partial charge < -0.3 is 13.9 Å². The Morgan fingerprint density at radius 3 is 2.58 bits per heavy atom. The standard InChI is InChI=1S/C28H28FNO5S/c1-4-9-22(15-20-12-13-21(29)14-18(20)3)36-27(30)23-17-35-26(28(32)33-5-2)25(24(23)31)34-16-19-10-7-6-8-11-19/h6-14,17,30H,4-5,15-16H2,1-3H3/b22-9+,30-27?. The predicted molar refractivity (Wildman–Crippen MR) is 139 cm³/mol. The Morgan fingerprint density at radius 2 is 1.92 bits per heavy atom. The van der Waals surface area contributed by atoms with Crippen LogP contribution in [-0.2, 0) is 17.8 Å². The summed E-state index contributed by atoms with van der Waals surface area (Å²) in [6.07, 6.45) is 4.25. The fraction of sp³-hybridized carbons (Fsp3) is 0.250. The monoisotopic (exact) mass is 509 g/mol. The average molecular weight is 510 g/mol. The second-order valence-corrected chi connectivity index (χ2v) is 9.03. The SMILES string of the molecule is CC/C=C(\Cc1ccc(F)cc1C)SC(=N)c1coc(C(=O)OCC)c(OCc2ccccc2)c1=O. The number of nitrogens with one attached hydrogen (secondary N) is 1. The van der Waals surface area contributed by atoms with Crippen LogP contribution in [0.25, 0.3) is 0 Å². The Labute approximate surface area is 213 Å². The van der Waals surface area contributed by atoms with E-state index in [-0.39, 0.29) is 41.1 Å². The van der Waals surface area contributed by atoms with Gasteiger partial charge in [0.2, 0.25) is 11.2 Å². The van der Waals surface area contributed by atoms with Crippen LogP contribution in [0.1, 0.15) is 53.1 Å². The minimum Gasteiger partial charge on any atom is -0.481 e. The normalized spacial score (nSPS) is 11.3. The van der Waals surface area contributed by atoms with Crippen molar-refractivity contribution in [3.05, 3.63) is 110 Å². The van der Waals surface area contributed by atoms with Crippen LogP contribution >= 0.6 is 11.8 Å². The summed E-state index contributed by atoms with van der Waals surface area (Å²) in [5, 5.41) is 8.56. The van der Waals surface area contributed by atoms with E-state index in [1.807, 2.05) is 50.3 Å². The summed E-state index contributed by atoms with van der Waals surface area (Å²) < 4.78 is 29.7. The number of ether oxygens (including phenoxy) is 2. The van der Waals surface area contributed by atoms with E-state index < -0.39 is 11.4 Å². The molecule has 0 aliphatic carbocycles. The first-order valence-corrected chi connectivity index (χ1v) is 12.4. The minimum absolute atomic E-state index is 0.0334. The van der Waals surface area contributed by atoms with E-state index in [0.29, 0.717) is 6.42 Å². The van der Waals surface area contributed by atoms with Gasteiger partial charge in [-0.25, -0.2) is 9.18 Å². The van der Waals surface area contributed by atoms with Gasteiger partial charge in [0, 0.05) is 6.42 Å². The summed E-state index contributed by atoms with van der Waals surface area (Å²) in [7, 11) is 0. The molecule has 6 nitrogen and oxygen atoms in total. The van der Waals surface area contributed by atoms with E-state index in [1.165, 1.54) is 12.1 Å². The van der Waals surface area contributed by atoms with Crippen LogP contribution in [0.5, 0.6) is 5.75 Å².